The molecule has 0 heterocycles. The molecular weight excluding hydrogens is 182 g/mol. The number of amides is 1. The molecule has 4 nitrogen and oxygen atoms in total. The third kappa shape index (κ3) is 2.58. The largest absolute Gasteiger partial charge is 0.469 e. The first-order valence-electron chi connectivity index (χ1n) is 4.68. The molecule has 14 heavy (non-hydrogen) atoms. The van der Waals surface area contributed by atoms with E-state index in [1.165, 1.54) is 13.2 Å². The van der Waals surface area contributed by atoms with Crippen molar-refractivity contribution in [2.75, 3.05) is 7.11 Å². The normalized spacial score (nSPS) is 25.5. The molecule has 4 heteroatoms. The monoisotopic (exact) mass is 197 g/mol. The molecule has 0 spiro atoms. The van der Waals surface area contributed by atoms with Crippen molar-refractivity contribution in [3.63, 3.8) is 0 Å². The Bertz CT molecular complexity index is 250. The van der Waals surface area contributed by atoms with Crippen LogP contribution in [-0.4, -0.2) is 25.0 Å². The molecule has 0 aromatic carbocycles. The maximum atomic E-state index is 11.2. The molecule has 0 bridgehead atoms. The van der Waals surface area contributed by atoms with Crippen molar-refractivity contribution in [1.82, 2.24) is 5.32 Å². The maximum absolute atomic E-state index is 11.2. The van der Waals surface area contributed by atoms with Gasteiger partial charge in [0.2, 0.25) is 5.91 Å². The summed E-state index contributed by atoms with van der Waals surface area (Å²) >= 11 is 0. The van der Waals surface area contributed by atoms with Gasteiger partial charge < -0.3 is 10.1 Å². The van der Waals surface area contributed by atoms with Crippen molar-refractivity contribution < 1.29 is 14.3 Å². The number of methoxy groups -OCH3 is 1. The number of carbonyl (C=O) groups excluding carboxylic acids is 2. The third-order valence-electron chi connectivity index (χ3n) is 2.50. The molecule has 2 atom stereocenters. The number of rotatable bonds is 3. The lowest BCUT2D eigenvalue weighted by molar-refractivity contribution is -0.145. The predicted molar refractivity (Wildman–Crippen MR) is 51.5 cm³/mol. The van der Waals surface area contributed by atoms with Crippen molar-refractivity contribution in [3.05, 3.63) is 12.7 Å². The van der Waals surface area contributed by atoms with Gasteiger partial charge in [-0.15, -0.1) is 0 Å². The molecule has 0 saturated heterocycles. The van der Waals surface area contributed by atoms with Crippen molar-refractivity contribution in [2.24, 2.45) is 5.92 Å². The Balaban J connectivity index is 2.37. The molecule has 1 amide bonds. The van der Waals surface area contributed by atoms with Crippen LogP contribution in [-0.2, 0) is 14.3 Å². The summed E-state index contributed by atoms with van der Waals surface area (Å²) in [4.78, 5) is 22.1. The summed E-state index contributed by atoms with van der Waals surface area (Å²) in [7, 11) is 1.39. The van der Waals surface area contributed by atoms with Gasteiger partial charge in [-0.1, -0.05) is 6.58 Å². The van der Waals surface area contributed by atoms with Gasteiger partial charge in [0, 0.05) is 6.04 Å². The molecule has 1 aliphatic carbocycles. The minimum atomic E-state index is -0.180. The predicted octanol–water partition coefficient (Wildman–Crippen LogP) is 0.630. The highest BCUT2D eigenvalue weighted by atomic mass is 16.5. The fraction of sp³-hybridized carbons (Fsp3) is 0.600. The van der Waals surface area contributed by atoms with E-state index in [0.29, 0.717) is 6.42 Å². The number of hydrogen-bond acceptors (Lipinski definition) is 3. The second kappa shape index (κ2) is 4.79. The van der Waals surface area contributed by atoms with E-state index >= 15 is 0 Å². The van der Waals surface area contributed by atoms with Gasteiger partial charge in [0.15, 0.2) is 0 Å². The minimum absolute atomic E-state index is 0.0601. The van der Waals surface area contributed by atoms with Crippen LogP contribution in [0.15, 0.2) is 12.7 Å². The van der Waals surface area contributed by atoms with E-state index in [1.54, 1.807) is 0 Å². The highest BCUT2D eigenvalue weighted by Gasteiger charge is 2.30. The van der Waals surface area contributed by atoms with Gasteiger partial charge in [-0.2, -0.15) is 0 Å². The van der Waals surface area contributed by atoms with Gasteiger partial charge in [-0.05, 0) is 25.3 Å². The second-order valence-corrected chi connectivity index (χ2v) is 3.44. The summed E-state index contributed by atoms with van der Waals surface area (Å²) in [5, 5.41) is 2.77. The average Bonchev–Trinajstić information content (AvgIpc) is 2.65. The SMILES string of the molecule is C=CC(=O)N[C@@H]1CC[C@H](C(=O)OC)C1. The van der Waals surface area contributed by atoms with E-state index in [2.05, 4.69) is 16.6 Å². The van der Waals surface area contributed by atoms with Gasteiger partial charge in [0.25, 0.3) is 0 Å². The Morgan fingerprint density at radius 1 is 1.50 bits per heavy atom. The standard InChI is InChI=1S/C10H15NO3/c1-3-9(12)11-8-5-4-7(6-8)10(13)14-2/h3,7-8H,1,4-6H2,2H3,(H,11,12)/t7-,8+/m0/s1. The Hall–Kier alpha value is -1.32. The number of nitrogens with one attached hydrogen (secondary N) is 1. The number of esters is 1. The van der Waals surface area contributed by atoms with Crippen LogP contribution in [0.5, 0.6) is 0 Å². The maximum Gasteiger partial charge on any atom is 0.308 e. The van der Waals surface area contributed by atoms with Crippen LogP contribution >= 0.6 is 0 Å². The van der Waals surface area contributed by atoms with E-state index in [-0.39, 0.29) is 23.8 Å². The van der Waals surface area contributed by atoms with Crippen LogP contribution in [0, 0.1) is 5.92 Å². The summed E-state index contributed by atoms with van der Waals surface area (Å²) in [6, 6.07) is 0.0876. The molecule has 0 aliphatic heterocycles. The van der Waals surface area contributed by atoms with Crippen LogP contribution in [0.4, 0.5) is 0 Å². The molecule has 1 fully saturated rings. The Morgan fingerprint density at radius 2 is 2.21 bits per heavy atom. The van der Waals surface area contributed by atoms with E-state index < -0.39 is 0 Å². The van der Waals surface area contributed by atoms with Crippen LogP contribution in [0.1, 0.15) is 19.3 Å². The molecule has 0 aromatic heterocycles. The van der Waals surface area contributed by atoms with Gasteiger partial charge in [0.05, 0.1) is 13.0 Å². The highest BCUT2D eigenvalue weighted by molar-refractivity contribution is 5.87. The summed E-state index contributed by atoms with van der Waals surface area (Å²) < 4.78 is 4.64. The summed E-state index contributed by atoms with van der Waals surface area (Å²) in [6.45, 7) is 3.37. The molecule has 1 N–H and O–H groups in total. The fourth-order valence-electron chi connectivity index (χ4n) is 1.75. The van der Waals surface area contributed by atoms with E-state index in [9.17, 15) is 9.59 Å². The van der Waals surface area contributed by atoms with Crippen LogP contribution in [0.3, 0.4) is 0 Å². The Morgan fingerprint density at radius 3 is 2.79 bits per heavy atom. The van der Waals surface area contributed by atoms with E-state index in [1.807, 2.05) is 0 Å². The summed E-state index contributed by atoms with van der Waals surface area (Å²) in [5.74, 6) is -0.420. The lowest BCUT2D eigenvalue weighted by Crippen LogP contribution is -2.31. The fourth-order valence-corrected chi connectivity index (χ4v) is 1.75. The lowest BCUT2D eigenvalue weighted by Gasteiger charge is -2.10. The van der Waals surface area contributed by atoms with Gasteiger partial charge >= 0.3 is 5.97 Å². The van der Waals surface area contributed by atoms with E-state index in [0.717, 1.165) is 12.8 Å². The van der Waals surface area contributed by atoms with Crippen molar-refractivity contribution in [1.29, 1.82) is 0 Å². The summed E-state index contributed by atoms with van der Waals surface area (Å²) in [6.07, 6.45) is 3.53. The highest BCUT2D eigenvalue weighted by Crippen LogP contribution is 2.26. The van der Waals surface area contributed by atoms with Crippen LogP contribution < -0.4 is 5.32 Å². The van der Waals surface area contributed by atoms with Crippen LogP contribution in [0.2, 0.25) is 0 Å². The number of ether oxygens (including phenoxy) is 1. The third-order valence-corrected chi connectivity index (χ3v) is 2.50. The zero-order valence-corrected chi connectivity index (χ0v) is 8.29. The van der Waals surface area contributed by atoms with Crippen LogP contribution in [0.25, 0.3) is 0 Å². The summed E-state index contributed by atoms with van der Waals surface area (Å²) in [5.41, 5.74) is 0. The zero-order valence-electron chi connectivity index (χ0n) is 8.29. The smallest absolute Gasteiger partial charge is 0.308 e. The lowest BCUT2D eigenvalue weighted by atomic mass is 10.1. The van der Waals surface area contributed by atoms with Gasteiger partial charge in [-0.3, -0.25) is 9.59 Å². The molecule has 78 valence electrons. The topological polar surface area (TPSA) is 55.4 Å². The molecule has 1 aliphatic rings. The number of carbonyl (C=O) groups is 2. The molecule has 0 unspecified atom stereocenters. The van der Waals surface area contributed by atoms with Crippen molar-refractivity contribution in [2.45, 2.75) is 25.3 Å². The zero-order chi connectivity index (χ0) is 10.6. The first-order chi connectivity index (χ1) is 6.67. The average molecular weight is 197 g/mol. The first-order valence-corrected chi connectivity index (χ1v) is 4.68. The molecule has 1 saturated carbocycles. The Labute approximate surface area is 83.3 Å². The first kappa shape index (κ1) is 10.8. The number of hydrogen-bond donors (Lipinski definition) is 1. The van der Waals surface area contributed by atoms with Gasteiger partial charge in [-0.25, -0.2) is 0 Å². The van der Waals surface area contributed by atoms with E-state index in [4.69, 9.17) is 0 Å². The minimum Gasteiger partial charge on any atom is -0.469 e. The second-order valence-electron chi connectivity index (χ2n) is 3.44. The van der Waals surface area contributed by atoms with Crippen molar-refractivity contribution in [3.8, 4) is 0 Å². The molecule has 0 radical (unpaired) electrons. The molecule has 0 aromatic rings. The Kier molecular flexibility index (Phi) is 3.68. The molecular formula is C10H15NO3. The van der Waals surface area contributed by atoms with Gasteiger partial charge in [0.1, 0.15) is 0 Å². The molecule has 1 rings (SSSR count). The van der Waals surface area contributed by atoms with Crippen molar-refractivity contribution >= 4 is 11.9 Å². The quantitative estimate of drug-likeness (QED) is 0.533.